The number of likely N-dealkylation sites (tertiary alicyclic amines) is 1. The number of amides is 3. The maximum atomic E-state index is 14.9. The Labute approximate surface area is 287 Å². The van der Waals surface area contributed by atoms with E-state index in [0.717, 1.165) is 45.7 Å². The number of halogens is 1. The number of phenols is 1. The second-order valence-corrected chi connectivity index (χ2v) is 14.7. The molecule has 5 aliphatic rings. The summed E-state index contributed by atoms with van der Waals surface area (Å²) in [7, 11) is 0. The summed E-state index contributed by atoms with van der Waals surface area (Å²) in [4.78, 5) is 44.0. The molecular weight excluding hydrogens is 643 g/mol. The predicted octanol–water partition coefficient (Wildman–Crippen LogP) is 2.77. The normalized spacial score (nSPS) is 25.6. The number of nitrogens with zero attached hydrogens (tertiary/aromatic N) is 6. The highest BCUT2D eigenvalue weighted by Gasteiger charge is 2.50. The molecule has 3 atom stereocenters. The number of ether oxygens (including phenoxy) is 2. The van der Waals surface area contributed by atoms with Gasteiger partial charge in [0.05, 0.1) is 44.8 Å². The summed E-state index contributed by atoms with van der Waals surface area (Å²) in [6.07, 6.45) is 10.6. The van der Waals surface area contributed by atoms with E-state index < -0.39 is 17.4 Å². The molecule has 0 radical (unpaired) electrons. The minimum Gasteiger partial charge on any atom is -0.508 e. The van der Waals surface area contributed by atoms with Gasteiger partial charge in [0.2, 0.25) is 11.8 Å². The molecule has 3 N–H and O–H groups in total. The molecule has 2 aromatic heterocycles. The Kier molecular flexibility index (Phi) is 7.15. The topological polar surface area (TPSA) is 147 Å². The number of rotatable bonds is 8. The van der Waals surface area contributed by atoms with Gasteiger partial charge in [0.15, 0.2) is 11.2 Å². The van der Waals surface area contributed by atoms with Crippen LogP contribution in [0.1, 0.15) is 36.8 Å². The highest BCUT2D eigenvalue weighted by atomic mass is 19.1. The van der Waals surface area contributed by atoms with Crippen LogP contribution in [0, 0.1) is 35.4 Å². The van der Waals surface area contributed by atoms with Gasteiger partial charge >= 0.3 is 6.03 Å². The van der Waals surface area contributed by atoms with Crippen LogP contribution >= 0.6 is 0 Å². The summed E-state index contributed by atoms with van der Waals surface area (Å²) >= 11 is 0. The van der Waals surface area contributed by atoms with Gasteiger partial charge in [0.25, 0.3) is 5.91 Å². The van der Waals surface area contributed by atoms with Crippen molar-refractivity contribution in [1.29, 1.82) is 0 Å². The van der Waals surface area contributed by atoms with Gasteiger partial charge in [0.1, 0.15) is 17.1 Å². The average Bonchev–Trinajstić information content (AvgIpc) is 3.36. The number of anilines is 1. The highest BCUT2D eigenvalue weighted by Crippen LogP contribution is 2.48. The van der Waals surface area contributed by atoms with Crippen LogP contribution < -0.4 is 20.3 Å². The van der Waals surface area contributed by atoms with Crippen molar-refractivity contribution in [2.45, 2.75) is 37.8 Å². The van der Waals surface area contributed by atoms with Gasteiger partial charge in [-0.2, -0.15) is 9.97 Å². The molecule has 2 unspecified atom stereocenters. The number of imidazole rings is 1. The number of nitrogens with one attached hydrogen (secondary N) is 2. The predicted molar refractivity (Wildman–Crippen MR) is 180 cm³/mol. The Balaban J connectivity index is 1.07. The zero-order valence-electron chi connectivity index (χ0n) is 27.5. The number of imide groups is 1. The molecule has 0 bridgehead atoms. The van der Waals surface area contributed by atoms with Gasteiger partial charge in [0, 0.05) is 48.8 Å². The van der Waals surface area contributed by atoms with E-state index in [1.807, 2.05) is 4.90 Å². The molecule has 1 spiro atoms. The fraction of sp³-hybridized carbons (Fsp3) is 0.472. The Bertz CT molecular complexity index is 2100. The monoisotopic (exact) mass is 680 g/mol. The number of carbonyl (C=O) groups is 2. The summed E-state index contributed by atoms with van der Waals surface area (Å²) in [6, 6.07) is 5.50. The second kappa shape index (κ2) is 11.5. The first-order valence-corrected chi connectivity index (χ1v) is 17.2. The molecular formula is C36H37FN8O5. The fourth-order valence-corrected chi connectivity index (χ4v) is 8.40. The molecule has 13 nitrogen and oxygen atoms in total. The third-order valence-corrected chi connectivity index (χ3v) is 11.2. The Hall–Kier alpha value is -5.00. The quantitative estimate of drug-likeness (QED) is 0.188. The van der Waals surface area contributed by atoms with E-state index in [-0.39, 0.29) is 35.7 Å². The van der Waals surface area contributed by atoms with Crippen LogP contribution in [0.25, 0.3) is 21.9 Å². The molecule has 4 aromatic rings. The minimum absolute atomic E-state index is 0.0187. The first-order chi connectivity index (χ1) is 24.2. The van der Waals surface area contributed by atoms with Crippen LogP contribution in [-0.2, 0) is 16.1 Å². The van der Waals surface area contributed by atoms with Gasteiger partial charge < -0.3 is 34.3 Å². The van der Waals surface area contributed by atoms with Crippen LogP contribution in [0.3, 0.4) is 0 Å². The number of urea groups is 1. The number of hydrogen-bond donors (Lipinski definition) is 3. The molecule has 1 saturated carbocycles. The van der Waals surface area contributed by atoms with Crippen LogP contribution in [0.2, 0.25) is 0 Å². The van der Waals surface area contributed by atoms with E-state index in [1.165, 1.54) is 6.07 Å². The zero-order valence-corrected chi connectivity index (χ0v) is 27.5. The fourth-order valence-electron chi connectivity index (χ4n) is 8.40. The number of aromatic hydroxyl groups is 1. The average molecular weight is 681 g/mol. The zero-order chi connectivity index (χ0) is 34.2. The Morgan fingerprint density at radius 1 is 1.14 bits per heavy atom. The third-order valence-electron chi connectivity index (χ3n) is 11.2. The lowest BCUT2D eigenvalue weighted by molar-refractivity contribution is -0.124. The van der Waals surface area contributed by atoms with Crippen molar-refractivity contribution in [2.75, 3.05) is 57.4 Å². The molecule has 1 aliphatic carbocycles. The molecule has 14 heteroatoms. The number of hydrogen-bond acceptors (Lipinski definition) is 10. The van der Waals surface area contributed by atoms with Crippen molar-refractivity contribution < 1.29 is 28.6 Å². The molecule has 5 fully saturated rings. The van der Waals surface area contributed by atoms with E-state index >= 15 is 0 Å². The molecule has 4 aliphatic heterocycles. The Morgan fingerprint density at radius 2 is 1.96 bits per heavy atom. The first-order valence-electron chi connectivity index (χ1n) is 17.2. The molecule has 258 valence electrons. The lowest BCUT2D eigenvalue weighted by Crippen LogP contribution is -2.59. The SMILES string of the molecule is C#Cc1c(F)ccc2cc(O)cc(Cn3cnc4c(OCC5(CN6CC7COCC7C6)CC5)nc(N5CCC[C@@]6(C5)NC(=O)NC6=O)nc43)c12. The van der Waals surface area contributed by atoms with Crippen molar-refractivity contribution in [2.24, 2.45) is 17.3 Å². The summed E-state index contributed by atoms with van der Waals surface area (Å²) in [6.45, 7) is 6.14. The van der Waals surface area contributed by atoms with E-state index in [1.54, 1.807) is 29.1 Å². The van der Waals surface area contributed by atoms with Crippen molar-refractivity contribution in [1.82, 2.24) is 35.1 Å². The largest absolute Gasteiger partial charge is 0.508 e. The molecule has 6 heterocycles. The van der Waals surface area contributed by atoms with Crippen molar-refractivity contribution >= 4 is 39.8 Å². The van der Waals surface area contributed by atoms with Gasteiger partial charge in [-0.05, 0) is 54.8 Å². The number of fused-ring (bicyclic) bond motifs is 3. The van der Waals surface area contributed by atoms with Gasteiger partial charge in [-0.3, -0.25) is 10.1 Å². The molecule has 4 saturated heterocycles. The van der Waals surface area contributed by atoms with E-state index in [9.17, 15) is 19.1 Å². The Morgan fingerprint density at radius 3 is 2.70 bits per heavy atom. The van der Waals surface area contributed by atoms with E-state index in [4.69, 9.17) is 30.8 Å². The van der Waals surface area contributed by atoms with Crippen molar-refractivity contribution in [3.63, 3.8) is 0 Å². The number of terminal acetylenes is 1. The smallest absolute Gasteiger partial charge is 0.322 e. The van der Waals surface area contributed by atoms with E-state index in [2.05, 4.69) is 21.5 Å². The van der Waals surface area contributed by atoms with Crippen LogP contribution in [-0.4, -0.2) is 99.5 Å². The first kappa shape index (κ1) is 31.0. The van der Waals surface area contributed by atoms with Gasteiger partial charge in [-0.1, -0.05) is 12.0 Å². The van der Waals surface area contributed by atoms with Crippen LogP contribution in [0.4, 0.5) is 15.1 Å². The summed E-state index contributed by atoms with van der Waals surface area (Å²) in [5.41, 5.74) is 0.579. The van der Waals surface area contributed by atoms with Gasteiger partial charge in [-0.25, -0.2) is 14.2 Å². The summed E-state index contributed by atoms with van der Waals surface area (Å²) < 4.78 is 28.9. The standard InChI is InChI=1S/C36H37FN8O5/c1-2-26-27(37)5-4-21-10-25(46)11-22(28(21)26)14-45-20-38-29-30(45)39-33(44-9-3-6-36(18-44)32(47)41-34(48)42-36)40-31(29)50-19-35(7-8-35)17-43-12-23-15-49-16-24(23)13-43/h1,4-5,10-11,20,23-24,46H,3,6-9,12-19H2,(H2,41,42,47,48)/t23?,24?,36-/m0/s1. The van der Waals surface area contributed by atoms with Crippen molar-refractivity contribution in [3.8, 4) is 24.0 Å². The molecule has 3 amide bonds. The van der Waals surface area contributed by atoms with E-state index in [0.29, 0.717) is 77.2 Å². The minimum atomic E-state index is -1.08. The molecule has 9 rings (SSSR count). The maximum Gasteiger partial charge on any atom is 0.322 e. The lowest BCUT2D eigenvalue weighted by Gasteiger charge is -2.38. The second-order valence-electron chi connectivity index (χ2n) is 14.7. The number of carbonyl (C=O) groups excluding carboxylic acids is 2. The third kappa shape index (κ3) is 5.27. The number of aromatic nitrogens is 4. The molecule has 50 heavy (non-hydrogen) atoms. The molecule has 2 aromatic carbocycles. The maximum absolute atomic E-state index is 14.9. The summed E-state index contributed by atoms with van der Waals surface area (Å²) in [5.74, 6) is 3.49. The number of piperidine rings is 1. The van der Waals surface area contributed by atoms with Gasteiger partial charge in [-0.15, -0.1) is 6.42 Å². The number of phenolic OH excluding ortho intramolecular Hbond substituents is 1. The number of benzene rings is 2. The lowest BCUT2D eigenvalue weighted by atomic mass is 9.89. The van der Waals surface area contributed by atoms with Crippen LogP contribution in [0.5, 0.6) is 11.6 Å². The van der Waals surface area contributed by atoms with Crippen molar-refractivity contribution in [3.05, 3.63) is 47.5 Å². The summed E-state index contributed by atoms with van der Waals surface area (Å²) in [5, 5.41) is 16.9. The van der Waals surface area contributed by atoms with Crippen LogP contribution in [0.15, 0.2) is 30.6 Å². The highest BCUT2D eigenvalue weighted by molar-refractivity contribution is 6.07.